The van der Waals surface area contributed by atoms with E-state index in [1.807, 2.05) is 0 Å². The summed E-state index contributed by atoms with van der Waals surface area (Å²) in [7, 11) is 0. The minimum absolute atomic E-state index is 0.00732. The van der Waals surface area contributed by atoms with Gasteiger partial charge in [0, 0.05) is 18.7 Å². The van der Waals surface area contributed by atoms with E-state index in [1.165, 1.54) is 12.1 Å². The van der Waals surface area contributed by atoms with Crippen molar-refractivity contribution in [1.29, 1.82) is 0 Å². The van der Waals surface area contributed by atoms with E-state index in [2.05, 4.69) is 5.32 Å². The Morgan fingerprint density at radius 1 is 1.26 bits per heavy atom. The topological polar surface area (TPSA) is 110 Å². The van der Waals surface area contributed by atoms with Gasteiger partial charge in [0.1, 0.15) is 0 Å². The van der Waals surface area contributed by atoms with E-state index >= 15 is 0 Å². The summed E-state index contributed by atoms with van der Waals surface area (Å²) >= 11 is 1.01. The molecule has 0 radical (unpaired) electrons. The van der Waals surface area contributed by atoms with Crippen LogP contribution in [0.5, 0.6) is 0 Å². The van der Waals surface area contributed by atoms with Crippen molar-refractivity contribution in [2.24, 2.45) is 0 Å². The molecule has 8 heteroatoms. The second-order valence-corrected chi connectivity index (χ2v) is 4.57. The lowest BCUT2D eigenvalue weighted by Gasteiger charge is -2.04. The van der Waals surface area contributed by atoms with Crippen molar-refractivity contribution in [2.75, 3.05) is 11.5 Å². The zero-order valence-corrected chi connectivity index (χ0v) is 10.7. The van der Waals surface area contributed by atoms with Gasteiger partial charge < -0.3 is 10.4 Å². The first-order valence-corrected chi connectivity index (χ1v) is 6.44. The van der Waals surface area contributed by atoms with Crippen LogP contribution in [0.1, 0.15) is 5.56 Å². The van der Waals surface area contributed by atoms with E-state index in [0.717, 1.165) is 17.3 Å². The zero-order valence-electron chi connectivity index (χ0n) is 9.87. The maximum Gasteiger partial charge on any atom is 0.313 e. The first-order chi connectivity index (χ1) is 8.99. The highest BCUT2D eigenvalue weighted by Crippen LogP contribution is 2.11. The highest BCUT2D eigenvalue weighted by molar-refractivity contribution is 8.00. The van der Waals surface area contributed by atoms with Gasteiger partial charge in [-0.2, -0.15) is 0 Å². The van der Waals surface area contributed by atoms with Gasteiger partial charge in [-0.25, -0.2) is 0 Å². The third-order valence-electron chi connectivity index (χ3n) is 2.10. The number of carboxylic acids is 1. The van der Waals surface area contributed by atoms with E-state index in [4.69, 9.17) is 5.11 Å². The molecule has 19 heavy (non-hydrogen) atoms. The second-order valence-electron chi connectivity index (χ2n) is 3.59. The SMILES string of the molecule is O=C(O)CSCC(=O)NCc1ccc([N+](=O)[O-])cc1. The van der Waals surface area contributed by atoms with Crippen LogP contribution in [0, 0.1) is 10.1 Å². The van der Waals surface area contributed by atoms with Gasteiger partial charge in [-0.1, -0.05) is 12.1 Å². The van der Waals surface area contributed by atoms with Crippen molar-refractivity contribution < 1.29 is 19.6 Å². The average Bonchev–Trinajstić information content (AvgIpc) is 2.36. The minimum Gasteiger partial charge on any atom is -0.481 e. The first kappa shape index (κ1) is 15.0. The first-order valence-electron chi connectivity index (χ1n) is 5.28. The van der Waals surface area contributed by atoms with Crippen molar-refractivity contribution in [3.63, 3.8) is 0 Å². The number of carbonyl (C=O) groups excluding carboxylic acids is 1. The summed E-state index contributed by atoms with van der Waals surface area (Å²) in [4.78, 5) is 31.5. The Labute approximate surface area is 113 Å². The van der Waals surface area contributed by atoms with Crippen molar-refractivity contribution in [2.45, 2.75) is 6.54 Å². The molecule has 0 spiro atoms. The molecule has 0 aliphatic heterocycles. The monoisotopic (exact) mass is 284 g/mol. The predicted octanol–water partition coefficient (Wildman–Crippen LogP) is 1.03. The van der Waals surface area contributed by atoms with Gasteiger partial charge in [-0.15, -0.1) is 11.8 Å². The maximum atomic E-state index is 11.3. The van der Waals surface area contributed by atoms with Crippen LogP contribution in [0.15, 0.2) is 24.3 Å². The summed E-state index contributed by atoms with van der Waals surface area (Å²) in [5.74, 6) is -1.29. The van der Waals surface area contributed by atoms with Gasteiger partial charge in [0.05, 0.1) is 16.4 Å². The van der Waals surface area contributed by atoms with Crippen LogP contribution in [-0.2, 0) is 16.1 Å². The van der Waals surface area contributed by atoms with E-state index in [-0.39, 0.29) is 29.6 Å². The molecule has 7 nitrogen and oxygen atoms in total. The fraction of sp³-hybridized carbons (Fsp3) is 0.273. The highest BCUT2D eigenvalue weighted by Gasteiger charge is 2.06. The van der Waals surface area contributed by atoms with Crippen LogP contribution in [0.2, 0.25) is 0 Å². The number of benzene rings is 1. The van der Waals surface area contributed by atoms with Crippen LogP contribution in [0.25, 0.3) is 0 Å². The van der Waals surface area contributed by atoms with Gasteiger partial charge in [-0.3, -0.25) is 19.7 Å². The number of nitrogens with zero attached hydrogens (tertiary/aromatic N) is 1. The van der Waals surface area contributed by atoms with Crippen LogP contribution in [0.3, 0.4) is 0 Å². The number of nitrogens with one attached hydrogen (secondary N) is 1. The number of hydrogen-bond donors (Lipinski definition) is 2. The number of rotatable bonds is 7. The molecule has 0 unspecified atom stereocenters. The standard InChI is InChI=1S/C11H12N2O5S/c14-10(6-19-7-11(15)16)12-5-8-1-3-9(4-2-8)13(17)18/h1-4H,5-7H2,(H,12,14)(H,15,16). The molecule has 0 saturated heterocycles. The quantitative estimate of drug-likeness (QED) is 0.571. The lowest BCUT2D eigenvalue weighted by atomic mass is 10.2. The molecule has 0 aliphatic rings. The number of nitro benzene ring substituents is 1. The number of carbonyl (C=O) groups is 2. The van der Waals surface area contributed by atoms with Gasteiger partial charge in [0.25, 0.3) is 5.69 Å². The lowest BCUT2D eigenvalue weighted by molar-refractivity contribution is -0.384. The Morgan fingerprint density at radius 3 is 2.42 bits per heavy atom. The van der Waals surface area contributed by atoms with Crippen molar-refractivity contribution in [3.05, 3.63) is 39.9 Å². The lowest BCUT2D eigenvalue weighted by Crippen LogP contribution is -2.25. The van der Waals surface area contributed by atoms with E-state index in [9.17, 15) is 19.7 Å². The van der Waals surface area contributed by atoms with Crippen LogP contribution >= 0.6 is 11.8 Å². The summed E-state index contributed by atoms with van der Waals surface area (Å²) in [6, 6.07) is 5.84. The molecular weight excluding hydrogens is 272 g/mol. The van der Waals surface area contributed by atoms with E-state index in [1.54, 1.807) is 12.1 Å². The molecule has 0 bridgehead atoms. The third-order valence-corrected chi connectivity index (χ3v) is 3.01. The Balaban J connectivity index is 2.33. The highest BCUT2D eigenvalue weighted by atomic mass is 32.2. The molecular formula is C11H12N2O5S. The number of nitro groups is 1. The van der Waals surface area contributed by atoms with Crippen molar-refractivity contribution >= 4 is 29.3 Å². The molecule has 0 saturated carbocycles. The molecule has 2 N–H and O–H groups in total. The summed E-state index contributed by atoms with van der Waals surface area (Å²) in [6.45, 7) is 0.254. The molecule has 1 aromatic carbocycles. The maximum absolute atomic E-state index is 11.3. The third kappa shape index (κ3) is 5.87. The Morgan fingerprint density at radius 2 is 1.89 bits per heavy atom. The summed E-state index contributed by atoms with van der Waals surface area (Å²) in [6.07, 6.45) is 0. The Hall–Kier alpha value is -2.09. The molecule has 1 amide bonds. The van der Waals surface area contributed by atoms with Crippen molar-refractivity contribution in [3.8, 4) is 0 Å². The molecule has 0 aliphatic carbocycles. The van der Waals surface area contributed by atoms with Crippen molar-refractivity contribution in [1.82, 2.24) is 5.32 Å². The predicted molar refractivity (Wildman–Crippen MR) is 69.9 cm³/mol. The van der Waals surface area contributed by atoms with Crippen LogP contribution < -0.4 is 5.32 Å². The number of hydrogen-bond acceptors (Lipinski definition) is 5. The summed E-state index contributed by atoms with van der Waals surface area (Å²) in [5.41, 5.74) is 0.731. The van der Waals surface area contributed by atoms with Gasteiger partial charge >= 0.3 is 5.97 Å². The summed E-state index contributed by atoms with van der Waals surface area (Å²) in [5, 5.41) is 21.4. The molecule has 1 aromatic rings. The van der Waals surface area contributed by atoms with Crippen LogP contribution in [0.4, 0.5) is 5.69 Å². The second kappa shape index (κ2) is 7.37. The molecule has 0 atom stereocenters. The van der Waals surface area contributed by atoms with Gasteiger partial charge in [0.2, 0.25) is 5.91 Å². The molecule has 0 heterocycles. The number of aliphatic carboxylic acids is 1. The normalized spacial score (nSPS) is 9.89. The Bertz CT molecular complexity index is 474. The van der Waals surface area contributed by atoms with E-state index < -0.39 is 10.9 Å². The average molecular weight is 284 g/mol. The van der Waals surface area contributed by atoms with Gasteiger partial charge in [-0.05, 0) is 5.56 Å². The molecule has 0 fully saturated rings. The number of thioether (sulfide) groups is 1. The van der Waals surface area contributed by atoms with Gasteiger partial charge in [0.15, 0.2) is 0 Å². The van der Waals surface area contributed by atoms with Crippen LogP contribution in [-0.4, -0.2) is 33.4 Å². The molecule has 1 rings (SSSR count). The fourth-order valence-electron chi connectivity index (χ4n) is 1.22. The number of carboxylic acid groups (broad SMARTS) is 1. The number of amides is 1. The molecule has 0 aromatic heterocycles. The fourth-order valence-corrected chi connectivity index (χ4v) is 1.78. The Kier molecular flexibility index (Phi) is 5.80. The largest absolute Gasteiger partial charge is 0.481 e. The van der Waals surface area contributed by atoms with E-state index in [0.29, 0.717) is 0 Å². The smallest absolute Gasteiger partial charge is 0.313 e. The zero-order chi connectivity index (χ0) is 14.3. The minimum atomic E-state index is -0.965. The number of non-ortho nitro benzene ring substituents is 1. The molecule has 102 valence electrons. The summed E-state index contributed by atoms with van der Waals surface area (Å²) < 4.78 is 0.